The second-order valence-corrected chi connectivity index (χ2v) is 7.24. The molecule has 0 bridgehead atoms. The average Bonchev–Trinajstić information content (AvgIpc) is 2.34. The Balaban J connectivity index is 2.15. The molecule has 0 radical (unpaired) electrons. The fourth-order valence-electron chi connectivity index (χ4n) is 2.02. The van der Waals surface area contributed by atoms with Crippen LogP contribution in [0.3, 0.4) is 0 Å². The number of aliphatic hydroxyl groups excluding tert-OH is 1. The summed E-state index contributed by atoms with van der Waals surface area (Å²) in [6, 6.07) is 3.15. The highest BCUT2D eigenvalue weighted by Crippen LogP contribution is 2.34. The van der Waals surface area contributed by atoms with Gasteiger partial charge in [0.15, 0.2) is 0 Å². The predicted octanol–water partition coefficient (Wildman–Crippen LogP) is 0.659. The molecule has 6 nitrogen and oxygen atoms in total. The van der Waals surface area contributed by atoms with Crippen LogP contribution < -0.4 is 5.32 Å². The number of rotatable bonds is 5. The molecule has 0 spiro atoms. The Kier molecular flexibility index (Phi) is 3.80. The van der Waals surface area contributed by atoms with Crippen LogP contribution in [0.15, 0.2) is 23.2 Å². The minimum absolute atomic E-state index is 0.0619. The fraction of sp³-hybridized carbons (Fsp3) is 0.583. The second-order valence-electron chi connectivity index (χ2n) is 5.08. The van der Waals surface area contributed by atoms with Gasteiger partial charge in [0.25, 0.3) is 0 Å². The molecule has 1 aromatic heterocycles. The number of anilines is 1. The molecular weight excluding hydrogens is 266 g/mol. The Labute approximate surface area is 113 Å². The molecule has 1 fully saturated rings. The van der Waals surface area contributed by atoms with E-state index in [4.69, 9.17) is 0 Å². The zero-order valence-electron chi connectivity index (χ0n) is 11.1. The van der Waals surface area contributed by atoms with Gasteiger partial charge < -0.3 is 10.4 Å². The third-order valence-corrected chi connectivity index (χ3v) is 5.32. The highest BCUT2D eigenvalue weighted by molar-refractivity contribution is 7.89. The molecular formula is C12H19N3O3S. The van der Waals surface area contributed by atoms with Gasteiger partial charge in [0.2, 0.25) is 10.0 Å². The van der Waals surface area contributed by atoms with Crippen LogP contribution in [0.2, 0.25) is 0 Å². The quantitative estimate of drug-likeness (QED) is 0.830. The number of sulfonamides is 1. The van der Waals surface area contributed by atoms with E-state index in [0.717, 1.165) is 23.6 Å². The predicted molar refractivity (Wildman–Crippen MR) is 72.4 cm³/mol. The summed E-state index contributed by atoms with van der Waals surface area (Å²) in [7, 11) is -0.475. The van der Waals surface area contributed by atoms with Crippen molar-refractivity contribution in [2.45, 2.75) is 29.7 Å². The normalized spacial score (nSPS) is 18.1. The molecule has 0 aromatic carbocycles. The van der Waals surface area contributed by atoms with E-state index in [9.17, 15) is 13.5 Å². The lowest BCUT2D eigenvalue weighted by Gasteiger charge is -2.41. The molecule has 19 heavy (non-hydrogen) atoms. The van der Waals surface area contributed by atoms with Crippen LogP contribution in [0.25, 0.3) is 0 Å². The van der Waals surface area contributed by atoms with Gasteiger partial charge >= 0.3 is 0 Å². The average molecular weight is 285 g/mol. The Hall–Kier alpha value is -1.18. The van der Waals surface area contributed by atoms with E-state index in [1.165, 1.54) is 26.4 Å². The van der Waals surface area contributed by atoms with Gasteiger partial charge in [0.1, 0.15) is 10.7 Å². The lowest BCUT2D eigenvalue weighted by molar-refractivity contribution is 0.144. The summed E-state index contributed by atoms with van der Waals surface area (Å²) in [5.74, 6) is 0.589. The largest absolute Gasteiger partial charge is 0.394 e. The SMILES string of the molecule is CN(C)S(=O)(=O)c1ccc(NC2(CO)CCC2)nc1. The molecule has 2 N–H and O–H groups in total. The second kappa shape index (κ2) is 5.07. The maximum Gasteiger partial charge on any atom is 0.244 e. The van der Waals surface area contributed by atoms with E-state index in [1.807, 2.05) is 0 Å². The lowest BCUT2D eigenvalue weighted by atomic mass is 9.77. The first-order valence-corrected chi connectivity index (χ1v) is 7.61. The van der Waals surface area contributed by atoms with Gasteiger partial charge in [-0.25, -0.2) is 17.7 Å². The van der Waals surface area contributed by atoms with Crippen molar-refractivity contribution >= 4 is 15.8 Å². The molecule has 1 aliphatic carbocycles. The summed E-state index contributed by atoms with van der Waals surface area (Å²) in [5.41, 5.74) is -0.283. The van der Waals surface area contributed by atoms with Gasteiger partial charge in [-0.1, -0.05) is 0 Å². The number of nitrogens with zero attached hydrogens (tertiary/aromatic N) is 2. The highest BCUT2D eigenvalue weighted by atomic mass is 32.2. The molecule has 1 heterocycles. The minimum atomic E-state index is -3.44. The first-order valence-electron chi connectivity index (χ1n) is 6.17. The lowest BCUT2D eigenvalue weighted by Crippen LogP contribution is -2.48. The Morgan fingerprint density at radius 3 is 2.47 bits per heavy atom. The number of nitrogens with one attached hydrogen (secondary N) is 1. The van der Waals surface area contributed by atoms with E-state index in [2.05, 4.69) is 10.3 Å². The minimum Gasteiger partial charge on any atom is -0.394 e. The number of hydrogen-bond donors (Lipinski definition) is 2. The summed E-state index contributed by atoms with van der Waals surface area (Å²) >= 11 is 0. The molecule has 1 saturated carbocycles. The van der Waals surface area contributed by atoms with Crippen molar-refractivity contribution in [3.05, 3.63) is 18.3 Å². The number of aromatic nitrogens is 1. The van der Waals surface area contributed by atoms with Crippen molar-refractivity contribution in [2.24, 2.45) is 0 Å². The highest BCUT2D eigenvalue weighted by Gasteiger charge is 2.36. The number of pyridine rings is 1. The van der Waals surface area contributed by atoms with Gasteiger partial charge in [-0.15, -0.1) is 0 Å². The van der Waals surface area contributed by atoms with E-state index < -0.39 is 10.0 Å². The van der Waals surface area contributed by atoms with Crippen LogP contribution in [0.1, 0.15) is 19.3 Å². The van der Waals surface area contributed by atoms with Gasteiger partial charge in [0, 0.05) is 20.3 Å². The van der Waals surface area contributed by atoms with Crippen molar-refractivity contribution < 1.29 is 13.5 Å². The third-order valence-electron chi connectivity index (χ3n) is 3.52. The van der Waals surface area contributed by atoms with Crippen molar-refractivity contribution in [3.8, 4) is 0 Å². The van der Waals surface area contributed by atoms with Crippen molar-refractivity contribution in [3.63, 3.8) is 0 Å². The number of aliphatic hydroxyl groups is 1. The molecule has 2 rings (SSSR count). The van der Waals surface area contributed by atoms with E-state index in [-0.39, 0.29) is 17.0 Å². The van der Waals surface area contributed by atoms with E-state index in [0.29, 0.717) is 5.82 Å². The van der Waals surface area contributed by atoms with Crippen LogP contribution in [0.5, 0.6) is 0 Å². The van der Waals surface area contributed by atoms with E-state index in [1.54, 1.807) is 6.07 Å². The van der Waals surface area contributed by atoms with Gasteiger partial charge in [-0.2, -0.15) is 0 Å². The van der Waals surface area contributed by atoms with Gasteiger partial charge in [-0.3, -0.25) is 0 Å². The fourth-order valence-corrected chi connectivity index (χ4v) is 2.86. The zero-order chi connectivity index (χ0) is 14.1. The van der Waals surface area contributed by atoms with Gasteiger partial charge in [-0.05, 0) is 31.4 Å². The molecule has 0 aliphatic heterocycles. The summed E-state index contributed by atoms with van der Waals surface area (Å²) in [5, 5.41) is 12.5. The van der Waals surface area contributed by atoms with Crippen LogP contribution in [-0.2, 0) is 10.0 Å². The third kappa shape index (κ3) is 2.72. The summed E-state index contributed by atoms with van der Waals surface area (Å²) in [4.78, 5) is 4.28. The first kappa shape index (κ1) is 14.2. The molecule has 0 atom stereocenters. The molecule has 0 saturated heterocycles. The molecule has 1 aromatic rings. The van der Waals surface area contributed by atoms with Crippen molar-refractivity contribution in [2.75, 3.05) is 26.0 Å². The maximum absolute atomic E-state index is 11.9. The summed E-state index contributed by atoms with van der Waals surface area (Å²) in [6.07, 6.45) is 4.23. The zero-order valence-corrected chi connectivity index (χ0v) is 11.9. The summed E-state index contributed by atoms with van der Waals surface area (Å²) in [6.45, 7) is 0.0619. The Bertz CT molecular complexity index is 530. The first-order chi connectivity index (χ1) is 8.89. The van der Waals surface area contributed by atoms with Gasteiger partial charge in [0.05, 0.1) is 12.1 Å². The monoisotopic (exact) mass is 285 g/mol. The Morgan fingerprint density at radius 1 is 1.42 bits per heavy atom. The van der Waals surface area contributed by atoms with E-state index >= 15 is 0 Å². The topological polar surface area (TPSA) is 82.5 Å². The van der Waals surface area contributed by atoms with Crippen LogP contribution in [0.4, 0.5) is 5.82 Å². The van der Waals surface area contributed by atoms with Crippen molar-refractivity contribution in [1.82, 2.24) is 9.29 Å². The molecule has 106 valence electrons. The molecule has 1 aliphatic rings. The smallest absolute Gasteiger partial charge is 0.244 e. The van der Waals surface area contributed by atoms with Crippen LogP contribution in [0, 0.1) is 0 Å². The van der Waals surface area contributed by atoms with Crippen molar-refractivity contribution in [1.29, 1.82) is 0 Å². The maximum atomic E-state index is 11.9. The molecule has 7 heteroatoms. The molecule has 0 amide bonds. The number of hydrogen-bond acceptors (Lipinski definition) is 5. The van der Waals surface area contributed by atoms with Crippen LogP contribution >= 0.6 is 0 Å². The van der Waals surface area contributed by atoms with Crippen LogP contribution in [-0.4, -0.2) is 49.1 Å². The molecule has 0 unspecified atom stereocenters. The standard InChI is InChI=1S/C12H19N3O3S/c1-15(2)19(17,18)10-4-5-11(13-8-10)14-12(9-16)6-3-7-12/h4-5,8,16H,3,6-7,9H2,1-2H3,(H,13,14). The summed E-state index contributed by atoms with van der Waals surface area (Å²) < 4.78 is 24.9. The Morgan fingerprint density at radius 2 is 2.11 bits per heavy atom.